The third-order valence-corrected chi connectivity index (χ3v) is 2.66. The van der Waals surface area contributed by atoms with E-state index in [1.54, 1.807) is 24.5 Å². The molecule has 0 aliphatic rings. The van der Waals surface area contributed by atoms with Crippen LogP contribution in [0.1, 0.15) is 5.56 Å². The highest BCUT2D eigenvalue weighted by atomic mass is 79.9. The highest BCUT2D eigenvalue weighted by Crippen LogP contribution is 2.35. The molecule has 0 atom stereocenters. The fourth-order valence-electron chi connectivity index (χ4n) is 1.39. The topological polar surface area (TPSA) is 12.9 Å². The molecule has 0 saturated carbocycles. The van der Waals surface area contributed by atoms with Crippen molar-refractivity contribution in [2.75, 3.05) is 0 Å². The van der Waals surface area contributed by atoms with E-state index in [-0.39, 0.29) is 5.56 Å². The minimum Gasteiger partial charge on any atom is -0.264 e. The molecule has 0 unspecified atom stereocenters. The molecule has 1 heterocycles. The Bertz CT molecular complexity index is 463. The second-order valence-corrected chi connectivity index (χ2v) is 4.31. The molecule has 1 aromatic carbocycles. The van der Waals surface area contributed by atoms with Crippen molar-refractivity contribution in [3.05, 3.63) is 54.4 Å². The first-order chi connectivity index (χ1) is 7.57. The molecule has 82 valence electrons. The van der Waals surface area contributed by atoms with Gasteiger partial charge in [-0.3, -0.25) is 4.98 Å². The maximum Gasteiger partial charge on any atom is 0.326 e. The van der Waals surface area contributed by atoms with Crippen molar-refractivity contribution < 1.29 is 8.78 Å². The quantitative estimate of drug-likeness (QED) is 0.753. The van der Waals surface area contributed by atoms with Crippen LogP contribution in [0.4, 0.5) is 8.78 Å². The van der Waals surface area contributed by atoms with Gasteiger partial charge in [-0.2, -0.15) is 8.78 Å². The molecule has 2 aromatic rings. The lowest BCUT2D eigenvalue weighted by Gasteiger charge is -2.09. The molecule has 0 aliphatic carbocycles. The third kappa shape index (κ3) is 2.44. The SMILES string of the molecule is FC(F)(Br)c1ccc(-c2cccnc2)cc1. The summed E-state index contributed by atoms with van der Waals surface area (Å²) in [5.74, 6) is 0. The highest BCUT2D eigenvalue weighted by molar-refractivity contribution is 9.09. The van der Waals surface area contributed by atoms with Gasteiger partial charge in [0.15, 0.2) is 0 Å². The summed E-state index contributed by atoms with van der Waals surface area (Å²) >= 11 is 2.32. The first kappa shape index (κ1) is 11.2. The minimum absolute atomic E-state index is 0.0554. The van der Waals surface area contributed by atoms with Crippen molar-refractivity contribution >= 4 is 15.9 Å². The minimum atomic E-state index is -2.97. The summed E-state index contributed by atoms with van der Waals surface area (Å²) in [7, 11) is 0. The molecule has 0 amide bonds. The Morgan fingerprint density at radius 3 is 2.19 bits per heavy atom. The lowest BCUT2D eigenvalue weighted by atomic mass is 10.1. The summed E-state index contributed by atoms with van der Waals surface area (Å²) in [6.45, 7) is 0. The van der Waals surface area contributed by atoms with Crippen LogP contribution in [0.3, 0.4) is 0 Å². The number of pyridine rings is 1. The molecule has 2 rings (SSSR count). The summed E-state index contributed by atoms with van der Waals surface area (Å²) in [5.41, 5.74) is 1.72. The lowest BCUT2D eigenvalue weighted by Crippen LogP contribution is -2.01. The van der Waals surface area contributed by atoms with Crippen molar-refractivity contribution in [3.8, 4) is 11.1 Å². The highest BCUT2D eigenvalue weighted by Gasteiger charge is 2.26. The van der Waals surface area contributed by atoms with Crippen molar-refractivity contribution in [1.29, 1.82) is 0 Å². The van der Waals surface area contributed by atoms with Crippen molar-refractivity contribution in [1.82, 2.24) is 4.98 Å². The van der Waals surface area contributed by atoms with Crippen LogP contribution >= 0.6 is 15.9 Å². The van der Waals surface area contributed by atoms with Gasteiger partial charge in [-0.25, -0.2) is 0 Å². The Hall–Kier alpha value is -1.29. The second-order valence-electron chi connectivity index (χ2n) is 3.32. The maximum absolute atomic E-state index is 12.9. The molecule has 0 N–H and O–H groups in total. The zero-order chi connectivity index (χ0) is 11.6. The van der Waals surface area contributed by atoms with Gasteiger partial charge in [-0.1, -0.05) is 30.3 Å². The predicted octanol–water partition coefficient (Wildman–Crippen LogP) is 4.19. The Morgan fingerprint density at radius 1 is 1.00 bits per heavy atom. The zero-order valence-corrected chi connectivity index (χ0v) is 9.79. The van der Waals surface area contributed by atoms with Crippen molar-refractivity contribution in [2.24, 2.45) is 0 Å². The van der Waals surface area contributed by atoms with Crippen molar-refractivity contribution in [2.45, 2.75) is 4.83 Å². The number of aromatic nitrogens is 1. The molecule has 16 heavy (non-hydrogen) atoms. The van der Waals surface area contributed by atoms with E-state index < -0.39 is 4.83 Å². The Balaban J connectivity index is 2.34. The second kappa shape index (κ2) is 4.29. The molecule has 0 bridgehead atoms. The van der Waals surface area contributed by atoms with E-state index in [0.717, 1.165) is 11.1 Å². The molecule has 0 aliphatic heterocycles. The van der Waals surface area contributed by atoms with E-state index in [9.17, 15) is 8.78 Å². The number of hydrogen-bond acceptors (Lipinski definition) is 1. The van der Waals surface area contributed by atoms with Crippen molar-refractivity contribution in [3.63, 3.8) is 0 Å². The molecule has 0 radical (unpaired) electrons. The zero-order valence-electron chi connectivity index (χ0n) is 8.20. The van der Waals surface area contributed by atoms with Crippen LogP contribution in [0.15, 0.2) is 48.8 Å². The molecule has 1 aromatic heterocycles. The van der Waals surface area contributed by atoms with Gasteiger partial charge in [0.1, 0.15) is 0 Å². The van der Waals surface area contributed by atoms with Gasteiger partial charge >= 0.3 is 4.83 Å². The summed E-state index contributed by atoms with van der Waals surface area (Å²) in [6, 6.07) is 9.80. The fraction of sp³-hybridized carbons (Fsp3) is 0.0833. The normalized spacial score (nSPS) is 11.4. The van der Waals surface area contributed by atoms with E-state index in [1.807, 2.05) is 12.1 Å². The van der Waals surface area contributed by atoms with Crippen LogP contribution in [0.25, 0.3) is 11.1 Å². The smallest absolute Gasteiger partial charge is 0.264 e. The fourth-order valence-corrected chi connectivity index (χ4v) is 1.65. The maximum atomic E-state index is 12.9. The predicted molar refractivity (Wildman–Crippen MR) is 62.5 cm³/mol. The Morgan fingerprint density at radius 2 is 1.69 bits per heavy atom. The summed E-state index contributed by atoms with van der Waals surface area (Å²) in [5, 5.41) is 0. The molecular weight excluding hydrogens is 276 g/mol. The van der Waals surface area contributed by atoms with Crippen LogP contribution in [-0.2, 0) is 4.83 Å². The van der Waals surface area contributed by atoms with Gasteiger partial charge in [0.2, 0.25) is 0 Å². The van der Waals surface area contributed by atoms with E-state index in [2.05, 4.69) is 20.9 Å². The van der Waals surface area contributed by atoms with Gasteiger partial charge in [0.05, 0.1) is 0 Å². The first-order valence-electron chi connectivity index (χ1n) is 4.65. The number of halogens is 3. The summed E-state index contributed by atoms with van der Waals surface area (Å²) in [6.07, 6.45) is 3.37. The molecule has 1 nitrogen and oxygen atoms in total. The van der Waals surface area contributed by atoms with Crippen LogP contribution in [0.5, 0.6) is 0 Å². The van der Waals surface area contributed by atoms with Crippen LogP contribution in [-0.4, -0.2) is 4.98 Å². The average Bonchev–Trinajstić information content (AvgIpc) is 2.29. The van der Waals surface area contributed by atoms with Crippen LogP contribution in [0.2, 0.25) is 0 Å². The van der Waals surface area contributed by atoms with Crippen LogP contribution in [0, 0.1) is 0 Å². The van der Waals surface area contributed by atoms with E-state index in [4.69, 9.17) is 0 Å². The molecule has 4 heteroatoms. The largest absolute Gasteiger partial charge is 0.326 e. The number of benzene rings is 1. The molecular formula is C12H8BrF2N. The number of hydrogen-bond donors (Lipinski definition) is 0. The van der Waals surface area contributed by atoms with E-state index in [0.29, 0.717) is 0 Å². The van der Waals surface area contributed by atoms with Gasteiger partial charge in [0, 0.05) is 18.0 Å². The molecule has 0 fully saturated rings. The molecule has 0 spiro atoms. The van der Waals surface area contributed by atoms with E-state index in [1.165, 1.54) is 12.1 Å². The number of rotatable bonds is 2. The van der Waals surface area contributed by atoms with Gasteiger partial charge in [0.25, 0.3) is 0 Å². The Labute approximate surface area is 100 Å². The average molecular weight is 284 g/mol. The van der Waals surface area contributed by atoms with Gasteiger partial charge in [-0.15, -0.1) is 0 Å². The first-order valence-corrected chi connectivity index (χ1v) is 5.44. The monoisotopic (exact) mass is 283 g/mol. The van der Waals surface area contributed by atoms with Gasteiger partial charge in [-0.05, 0) is 33.1 Å². The van der Waals surface area contributed by atoms with E-state index >= 15 is 0 Å². The lowest BCUT2D eigenvalue weighted by molar-refractivity contribution is 0.114. The summed E-state index contributed by atoms with van der Waals surface area (Å²) < 4.78 is 25.8. The summed E-state index contributed by atoms with van der Waals surface area (Å²) in [4.78, 5) is 1.00. The standard InChI is InChI=1S/C12H8BrF2N/c13-12(14,15)11-5-3-9(4-6-11)10-2-1-7-16-8-10/h1-8H. The number of nitrogens with zero attached hydrogens (tertiary/aromatic N) is 1. The Kier molecular flexibility index (Phi) is 3.01. The number of alkyl halides is 3. The molecule has 0 saturated heterocycles. The van der Waals surface area contributed by atoms with Crippen LogP contribution < -0.4 is 0 Å². The van der Waals surface area contributed by atoms with Gasteiger partial charge < -0.3 is 0 Å². The third-order valence-electron chi connectivity index (χ3n) is 2.21.